The van der Waals surface area contributed by atoms with Gasteiger partial charge >= 0.3 is 0 Å². The first-order valence-electron chi connectivity index (χ1n) is 9.37. The molecule has 2 aromatic rings. The van der Waals surface area contributed by atoms with Crippen LogP contribution >= 0.6 is 0 Å². The van der Waals surface area contributed by atoms with Gasteiger partial charge in [0.25, 0.3) is 11.8 Å². The third-order valence-electron chi connectivity index (χ3n) is 4.39. The molecule has 30 heavy (non-hydrogen) atoms. The number of rotatable bonds is 4. The summed E-state index contributed by atoms with van der Waals surface area (Å²) < 4.78 is 41.3. The Balaban J connectivity index is 0.000000735. The molecule has 0 atom stereocenters. The second-order valence-corrected chi connectivity index (χ2v) is 6.55. The molecule has 1 aliphatic rings. The summed E-state index contributed by atoms with van der Waals surface area (Å²) in [5.41, 5.74) is -2.44. The van der Waals surface area contributed by atoms with Crippen LogP contribution in [0, 0.1) is 17.5 Å². The normalized spacial score (nSPS) is 12.4. The number of unbranched alkanes of at least 4 members (excludes halogenated alkanes) is 1. The number of hydrogen-bond donors (Lipinski definition) is 3. The van der Waals surface area contributed by atoms with Crippen molar-refractivity contribution in [1.29, 1.82) is 0 Å². The SMILES string of the molecule is CCCC.O=C(NCc1c(F)cc(F)cc1F)c1cn2c(c(O)c1=O)C(=O)NCC2. The van der Waals surface area contributed by atoms with Gasteiger partial charge in [0, 0.05) is 43.5 Å². The van der Waals surface area contributed by atoms with Gasteiger partial charge in [0.2, 0.25) is 5.43 Å². The van der Waals surface area contributed by atoms with E-state index in [4.69, 9.17) is 0 Å². The molecule has 1 aliphatic heterocycles. The highest BCUT2D eigenvalue weighted by atomic mass is 19.1. The van der Waals surface area contributed by atoms with Gasteiger partial charge in [0.05, 0.1) is 0 Å². The smallest absolute Gasteiger partial charge is 0.271 e. The fourth-order valence-corrected chi connectivity index (χ4v) is 2.60. The Morgan fingerprint density at radius 1 is 1.17 bits per heavy atom. The molecule has 10 heteroatoms. The summed E-state index contributed by atoms with van der Waals surface area (Å²) in [6, 6.07) is 0.922. The molecule has 3 rings (SSSR count). The number of amides is 2. The molecule has 0 unspecified atom stereocenters. The molecule has 1 aromatic carbocycles. The van der Waals surface area contributed by atoms with Crippen molar-refractivity contribution in [1.82, 2.24) is 15.2 Å². The topological polar surface area (TPSA) is 100 Å². The second kappa shape index (κ2) is 9.95. The molecular formula is C20H22F3N3O4. The highest BCUT2D eigenvalue weighted by Gasteiger charge is 2.26. The Morgan fingerprint density at radius 2 is 1.77 bits per heavy atom. The van der Waals surface area contributed by atoms with E-state index in [0.717, 1.165) is 6.20 Å². The molecular weight excluding hydrogens is 403 g/mol. The Morgan fingerprint density at radius 3 is 2.33 bits per heavy atom. The maximum absolute atomic E-state index is 13.6. The van der Waals surface area contributed by atoms with E-state index in [1.165, 1.54) is 17.4 Å². The van der Waals surface area contributed by atoms with Crippen molar-refractivity contribution in [2.45, 2.75) is 39.8 Å². The largest absolute Gasteiger partial charge is 0.503 e. The van der Waals surface area contributed by atoms with Crippen molar-refractivity contribution >= 4 is 11.8 Å². The lowest BCUT2D eigenvalue weighted by Crippen LogP contribution is -2.39. The molecule has 0 saturated heterocycles. The summed E-state index contributed by atoms with van der Waals surface area (Å²) in [6.07, 6.45) is 3.73. The molecule has 7 nitrogen and oxygen atoms in total. The van der Waals surface area contributed by atoms with Crippen LogP contribution in [-0.4, -0.2) is 28.0 Å². The maximum Gasteiger partial charge on any atom is 0.271 e. The third-order valence-corrected chi connectivity index (χ3v) is 4.39. The van der Waals surface area contributed by atoms with Gasteiger partial charge in [-0.15, -0.1) is 0 Å². The number of halogens is 3. The molecule has 0 spiro atoms. The van der Waals surface area contributed by atoms with Gasteiger partial charge in [-0.3, -0.25) is 14.4 Å². The van der Waals surface area contributed by atoms with E-state index in [2.05, 4.69) is 24.5 Å². The summed E-state index contributed by atoms with van der Waals surface area (Å²) in [5.74, 6) is -6.04. The lowest BCUT2D eigenvalue weighted by molar-refractivity contribution is 0.0912. The van der Waals surface area contributed by atoms with Crippen molar-refractivity contribution in [3.63, 3.8) is 0 Å². The van der Waals surface area contributed by atoms with Crippen molar-refractivity contribution < 1.29 is 27.9 Å². The zero-order valence-corrected chi connectivity index (χ0v) is 16.5. The Kier molecular flexibility index (Phi) is 7.62. The molecule has 2 amide bonds. The van der Waals surface area contributed by atoms with E-state index in [9.17, 15) is 32.7 Å². The number of fused-ring (bicyclic) bond motifs is 1. The van der Waals surface area contributed by atoms with Crippen molar-refractivity contribution in [2.24, 2.45) is 0 Å². The molecule has 2 heterocycles. The minimum atomic E-state index is -1.19. The Labute approximate surface area is 170 Å². The minimum absolute atomic E-state index is 0.219. The number of aromatic nitrogens is 1. The summed E-state index contributed by atoms with van der Waals surface area (Å²) in [6.45, 7) is 4.18. The number of pyridine rings is 1. The fourth-order valence-electron chi connectivity index (χ4n) is 2.60. The van der Waals surface area contributed by atoms with Gasteiger partial charge in [-0.25, -0.2) is 13.2 Å². The van der Waals surface area contributed by atoms with E-state index in [1.807, 2.05) is 0 Å². The van der Waals surface area contributed by atoms with Crippen LogP contribution in [0.1, 0.15) is 53.1 Å². The molecule has 0 radical (unpaired) electrons. The van der Waals surface area contributed by atoms with E-state index in [1.54, 1.807) is 0 Å². The van der Waals surface area contributed by atoms with Crippen molar-refractivity contribution in [3.05, 3.63) is 62.8 Å². The lowest BCUT2D eigenvalue weighted by atomic mass is 10.1. The molecule has 162 valence electrons. The molecule has 0 fully saturated rings. The summed E-state index contributed by atoms with van der Waals surface area (Å²) >= 11 is 0. The van der Waals surface area contributed by atoms with Gasteiger partial charge in [-0.1, -0.05) is 26.7 Å². The number of nitrogens with zero attached hydrogens (tertiary/aromatic N) is 1. The van der Waals surface area contributed by atoms with Crippen LogP contribution in [0.4, 0.5) is 13.2 Å². The first-order chi connectivity index (χ1) is 14.2. The predicted molar refractivity (Wildman–Crippen MR) is 103 cm³/mol. The average molecular weight is 425 g/mol. The second-order valence-electron chi connectivity index (χ2n) is 6.55. The molecule has 0 bridgehead atoms. The molecule has 1 aromatic heterocycles. The minimum Gasteiger partial charge on any atom is -0.503 e. The summed E-state index contributed by atoms with van der Waals surface area (Å²) in [4.78, 5) is 36.0. The Hall–Kier alpha value is -3.30. The molecule has 3 N–H and O–H groups in total. The number of carbonyl (C=O) groups is 2. The molecule has 0 saturated carbocycles. The highest BCUT2D eigenvalue weighted by Crippen LogP contribution is 2.17. The lowest BCUT2D eigenvalue weighted by Gasteiger charge is -2.20. The number of hydrogen-bond acceptors (Lipinski definition) is 4. The zero-order valence-electron chi connectivity index (χ0n) is 16.5. The predicted octanol–water partition coefficient (Wildman–Crippen LogP) is 2.45. The van der Waals surface area contributed by atoms with Crippen LogP contribution in [0.3, 0.4) is 0 Å². The van der Waals surface area contributed by atoms with Crippen molar-refractivity contribution in [2.75, 3.05) is 6.54 Å². The van der Waals surface area contributed by atoms with Crippen molar-refractivity contribution in [3.8, 4) is 5.75 Å². The molecule has 0 aliphatic carbocycles. The van der Waals surface area contributed by atoms with Gasteiger partial charge in [0.15, 0.2) is 11.4 Å². The van der Waals surface area contributed by atoms with Gasteiger partial charge in [-0.2, -0.15) is 0 Å². The monoisotopic (exact) mass is 425 g/mol. The van der Waals surface area contributed by atoms with Crippen LogP contribution in [0.15, 0.2) is 23.1 Å². The summed E-state index contributed by atoms with van der Waals surface area (Å²) in [5, 5.41) is 14.5. The van der Waals surface area contributed by atoms with Crippen LogP contribution in [0.2, 0.25) is 0 Å². The number of nitrogens with one attached hydrogen (secondary N) is 2. The third kappa shape index (κ3) is 5.00. The van der Waals surface area contributed by atoms with Gasteiger partial charge < -0.3 is 20.3 Å². The number of aromatic hydroxyl groups is 1. The zero-order chi connectivity index (χ0) is 22.4. The van der Waals surface area contributed by atoms with Crippen LogP contribution < -0.4 is 16.1 Å². The van der Waals surface area contributed by atoms with Crippen LogP contribution in [0.25, 0.3) is 0 Å². The van der Waals surface area contributed by atoms with E-state index >= 15 is 0 Å². The summed E-state index contributed by atoms with van der Waals surface area (Å²) in [7, 11) is 0. The van der Waals surface area contributed by atoms with E-state index in [-0.39, 0.29) is 18.8 Å². The average Bonchev–Trinajstić information content (AvgIpc) is 2.69. The van der Waals surface area contributed by atoms with E-state index in [0.29, 0.717) is 12.1 Å². The first kappa shape index (κ1) is 23.0. The standard InChI is InChI=1S/C16H12F3N3O4.C4H10/c17-7-3-10(18)8(11(19)4-7)5-21-15(25)9-6-22-2-1-20-16(26)12(22)14(24)13(9)23;1-3-4-2/h3-4,6,24H,1-2,5H2,(H,20,26)(H,21,25);3-4H2,1-2H3. The quantitative estimate of drug-likeness (QED) is 0.701. The first-order valence-corrected chi connectivity index (χ1v) is 9.37. The van der Waals surface area contributed by atoms with Gasteiger partial charge in [0.1, 0.15) is 23.0 Å². The maximum atomic E-state index is 13.6. The Bertz CT molecular complexity index is 996. The number of benzene rings is 1. The van der Waals surface area contributed by atoms with Crippen LogP contribution in [-0.2, 0) is 13.1 Å². The van der Waals surface area contributed by atoms with E-state index < -0.39 is 58.1 Å². The van der Waals surface area contributed by atoms with Gasteiger partial charge in [-0.05, 0) is 0 Å². The highest BCUT2D eigenvalue weighted by molar-refractivity contribution is 5.98. The van der Waals surface area contributed by atoms with Crippen LogP contribution in [0.5, 0.6) is 5.75 Å². The number of carbonyl (C=O) groups excluding carboxylic acids is 2. The fraction of sp³-hybridized carbons (Fsp3) is 0.350.